The van der Waals surface area contributed by atoms with Crippen LogP contribution in [0, 0.1) is 0 Å². The number of aromatic nitrogens is 1. The van der Waals surface area contributed by atoms with Crippen LogP contribution in [-0.2, 0) is 23.0 Å². The van der Waals surface area contributed by atoms with E-state index in [0.29, 0.717) is 17.8 Å². The molecule has 0 bridgehead atoms. The number of aryl methyl sites for hydroxylation is 1. The lowest BCUT2D eigenvalue weighted by Crippen LogP contribution is -2.29. The minimum absolute atomic E-state index is 0.0436. The molecule has 1 aliphatic heterocycles. The summed E-state index contributed by atoms with van der Waals surface area (Å²) in [4.78, 5) is 12.3. The number of nitrogens with zero attached hydrogens (tertiary/aromatic N) is 2. The molecule has 130 valence electrons. The molecule has 0 saturated carbocycles. The summed E-state index contributed by atoms with van der Waals surface area (Å²) >= 11 is 1.10. The monoisotopic (exact) mass is 374 g/mol. The SMILES string of the molecule is CCCn1c(=O)sc2cc(S(=O)(=O)N3CCc4ccccc43)ccc21. The first-order valence-corrected chi connectivity index (χ1v) is 10.5. The van der Waals surface area contributed by atoms with E-state index in [9.17, 15) is 13.2 Å². The van der Waals surface area contributed by atoms with Crippen molar-refractivity contribution in [3.05, 3.63) is 57.7 Å². The van der Waals surface area contributed by atoms with Gasteiger partial charge in [-0.2, -0.15) is 0 Å². The number of hydrogen-bond donors (Lipinski definition) is 0. The van der Waals surface area contributed by atoms with Gasteiger partial charge in [0.25, 0.3) is 10.0 Å². The second-order valence-corrected chi connectivity index (χ2v) is 8.96. The lowest BCUT2D eigenvalue weighted by molar-refractivity contribution is 0.592. The average Bonchev–Trinajstić information content (AvgIpc) is 3.16. The Morgan fingerprint density at radius 2 is 1.96 bits per heavy atom. The molecule has 0 saturated heterocycles. The number of hydrogen-bond acceptors (Lipinski definition) is 4. The Hall–Kier alpha value is -2.12. The van der Waals surface area contributed by atoms with E-state index >= 15 is 0 Å². The third-order valence-corrected chi connectivity index (χ3v) is 7.27. The van der Waals surface area contributed by atoms with Gasteiger partial charge in [-0.25, -0.2) is 8.42 Å². The normalized spacial score (nSPS) is 14.2. The van der Waals surface area contributed by atoms with Gasteiger partial charge in [0.05, 0.1) is 20.8 Å². The van der Waals surface area contributed by atoms with E-state index in [1.54, 1.807) is 22.8 Å². The lowest BCUT2D eigenvalue weighted by Gasteiger charge is -2.19. The van der Waals surface area contributed by atoms with E-state index in [1.165, 1.54) is 4.31 Å². The molecular weight excluding hydrogens is 356 g/mol. The van der Waals surface area contributed by atoms with Crippen molar-refractivity contribution in [2.45, 2.75) is 31.2 Å². The topological polar surface area (TPSA) is 59.4 Å². The third kappa shape index (κ3) is 2.58. The number of rotatable bonds is 4. The quantitative estimate of drug-likeness (QED) is 0.704. The molecule has 7 heteroatoms. The Morgan fingerprint density at radius 3 is 2.76 bits per heavy atom. The van der Waals surface area contributed by atoms with Crippen molar-refractivity contribution >= 4 is 37.3 Å². The Bertz CT molecular complexity index is 1110. The van der Waals surface area contributed by atoms with Gasteiger partial charge < -0.3 is 0 Å². The highest BCUT2D eigenvalue weighted by Gasteiger charge is 2.30. The maximum absolute atomic E-state index is 13.1. The summed E-state index contributed by atoms with van der Waals surface area (Å²) in [5.41, 5.74) is 2.60. The van der Waals surface area contributed by atoms with Gasteiger partial charge in [-0.15, -0.1) is 0 Å². The van der Waals surface area contributed by atoms with E-state index < -0.39 is 10.0 Å². The molecule has 0 amide bonds. The number of anilines is 1. The summed E-state index contributed by atoms with van der Waals surface area (Å²) < 4.78 is 30.1. The van der Waals surface area contributed by atoms with Crippen molar-refractivity contribution < 1.29 is 8.42 Å². The average molecular weight is 374 g/mol. The van der Waals surface area contributed by atoms with Gasteiger partial charge in [-0.05, 0) is 42.7 Å². The molecule has 0 radical (unpaired) electrons. The molecule has 0 N–H and O–H groups in total. The summed E-state index contributed by atoms with van der Waals surface area (Å²) in [6, 6.07) is 12.6. The van der Waals surface area contributed by atoms with Gasteiger partial charge in [-0.3, -0.25) is 13.7 Å². The molecule has 0 spiro atoms. The minimum atomic E-state index is -3.63. The number of sulfonamides is 1. The zero-order valence-corrected chi connectivity index (χ0v) is 15.4. The van der Waals surface area contributed by atoms with Crippen LogP contribution < -0.4 is 9.18 Å². The predicted octanol–water partition coefficient (Wildman–Crippen LogP) is 3.22. The van der Waals surface area contributed by atoms with Crippen LogP contribution >= 0.6 is 11.3 Å². The van der Waals surface area contributed by atoms with Crippen molar-refractivity contribution in [1.82, 2.24) is 4.57 Å². The van der Waals surface area contributed by atoms with Crippen LogP contribution in [0.5, 0.6) is 0 Å². The van der Waals surface area contributed by atoms with Crippen molar-refractivity contribution in [3.63, 3.8) is 0 Å². The molecular formula is C18H18N2O3S2. The zero-order chi connectivity index (χ0) is 17.6. The van der Waals surface area contributed by atoms with E-state index in [1.807, 2.05) is 31.2 Å². The molecule has 5 nitrogen and oxygen atoms in total. The highest BCUT2D eigenvalue weighted by molar-refractivity contribution is 7.92. The maximum atomic E-state index is 13.1. The molecule has 25 heavy (non-hydrogen) atoms. The van der Waals surface area contributed by atoms with Crippen molar-refractivity contribution in [1.29, 1.82) is 0 Å². The number of fused-ring (bicyclic) bond motifs is 2. The predicted molar refractivity (Wildman–Crippen MR) is 101 cm³/mol. The number of thiazole rings is 1. The smallest absolute Gasteiger partial charge is 0.299 e. The molecule has 0 atom stereocenters. The first kappa shape index (κ1) is 16.4. The second kappa shape index (κ2) is 6.00. The van der Waals surface area contributed by atoms with Gasteiger partial charge in [0.2, 0.25) is 0 Å². The molecule has 2 aromatic carbocycles. The molecule has 1 aromatic heterocycles. The van der Waals surface area contributed by atoms with Crippen LogP contribution in [-0.4, -0.2) is 19.5 Å². The summed E-state index contributed by atoms with van der Waals surface area (Å²) in [6.45, 7) is 3.11. The van der Waals surface area contributed by atoms with Gasteiger partial charge in [0.15, 0.2) is 0 Å². The van der Waals surface area contributed by atoms with Crippen molar-refractivity contribution in [2.75, 3.05) is 10.8 Å². The molecule has 0 unspecified atom stereocenters. The third-order valence-electron chi connectivity index (χ3n) is 4.52. The number of para-hydroxylation sites is 1. The van der Waals surface area contributed by atoms with Crippen LogP contribution in [0.25, 0.3) is 10.2 Å². The van der Waals surface area contributed by atoms with Crippen LogP contribution in [0.3, 0.4) is 0 Å². The highest BCUT2D eigenvalue weighted by Crippen LogP contribution is 2.33. The second-order valence-electron chi connectivity index (χ2n) is 6.11. The molecule has 0 fully saturated rings. The van der Waals surface area contributed by atoms with Crippen LogP contribution in [0.2, 0.25) is 0 Å². The van der Waals surface area contributed by atoms with Gasteiger partial charge in [0.1, 0.15) is 0 Å². The first-order valence-electron chi connectivity index (χ1n) is 8.26. The summed E-state index contributed by atoms with van der Waals surface area (Å²) in [7, 11) is -3.63. The van der Waals surface area contributed by atoms with Gasteiger partial charge in [0, 0.05) is 13.1 Å². The molecule has 3 aromatic rings. The number of benzene rings is 2. The zero-order valence-electron chi connectivity index (χ0n) is 13.8. The van der Waals surface area contributed by atoms with E-state index in [2.05, 4.69) is 0 Å². The highest BCUT2D eigenvalue weighted by atomic mass is 32.2. The van der Waals surface area contributed by atoms with Crippen LogP contribution in [0.4, 0.5) is 5.69 Å². The Balaban J connectivity index is 1.80. The standard InChI is InChI=1S/C18H18N2O3S2/c1-2-10-19-16-8-7-14(12-17(16)24-18(19)21)25(22,23)20-11-9-13-5-3-4-6-15(13)20/h3-8,12H,2,9-11H2,1H3. The fourth-order valence-electron chi connectivity index (χ4n) is 3.33. The first-order chi connectivity index (χ1) is 12.0. The summed E-state index contributed by atoms with van der Waals surface area (Å²) in [5, 5.41) is 0. The van der Waals surface area contributed by atoms with E-state index in [4.69, 9.17) is 0 Å². The van der Waals surface area contributed by atoms with Crippen LogP contribution in [0.1, 0.15) is 18.9 Å². The van der Waals surface area contributed by atoms with E-state index in [-0.39, 0.29) is 9.77 Å². The van der Waals surface area contributed by atoms with E-state index in [0.717, 1.165) is 40.9 Å². The minimum Gasteiger partial charge on any atom is -0.299 e. The Labute approximate surface area is 150 Å². The van der Waals surface area contributed by atoms with Gasteiger partial charge in [-0.1, -0.05) is 36.5 Å². The molecule has 4 rings (SSSR count). The van der Waals surface area contributed by atoms with Crippen molar-refractivity contribution in [2.24, 2.45) is 0 Å². The van der Waals surface area contributed by atoms with Crippen molar-refractivity contribution in [3.8, 4) is 0 Å². The fourth-order valence-corrected chi connectivity index (χ4v) is 5.89. The summed E-state index contributed by atoms with van der Waals surface area (Å²) in [6.07, 6.45) is 1.58. The Morgan fingerprint density at radius 1 is 1.16 bits per heavy atom. The molecule has 2 heterocycles. The molecule has 1 aliphatic rings. The van der Waals surface area contributed by atoms with Crippen LogP contribution in [0.15, 0.2) is 52.2 Å². The summed E-state index contributed by atoms with van der Waals surface area (Å²) in [5.74, 6) is 0. The van der Waals surface area contributed by atoms with Gasteiger partial charge >= 0.3 is 4.87 Å². The fraction of sp³-hybridized carbons (Fsp3) is 0.278. The molecule has 0 aliphatic carbocycles. The lowest BCUT2D eigenvalue weighted by atomic mass is 10.2. The largest absolute Gasteiger partial charge is 0.308 e. The maximum Gasteiger partial charge on any atom is 0.308 e. The Kier molecular flexibility index (Phi) is 3.92.